The van der Waals surface area contributed by atoms with Crippen molar-refractivity contribution in [2.45, 2.75) is 51.1 Å². The van der Waals surface area contributed by atoms with Crippen LogP contribution >= 0.6 is 0 Å². The highest BCUT2D eigenvalue weighted by Gasteiger charge is 2.44. The molecule has 1 heterocycles. The zero-order chi connectivity index (χ0) is 9.97. The zero-order valence-corrected chi connectivity index (χ0v) is 9.54. The van der Waals surface area contributed by atoms with Gasteiger partial charge in [-0.3, -0.25) is 4.90 Å². The van der Waals surface area contributed by atoms with Crippen molar-refractivity contribution in [2.24, 2.45) is 5.92 Å². The van der Waals surface area contributed by atoms with Crippen LogP contribution in [-0.4, -0.2) is 37.2 Å². The Hall–Kier alpha value is -0.0800. The molecular weight excluding hydrogens is 174 g/mol. The van der Waals surface area contributed by atoms with Crippen molar-refractivity contribution < 1.29 is 4.74 Å². The molecule has 14 heavy (non-hydrogen) atoms. The second kappa shape index (κ2) is 4.63. The number of hydrogen-bond acceptors (Lipinski definition) is 2. The molecule has 1 saturated heterocycles. The summed E-state index contributed by atoms with van der Waals surface area (Å²) < 4.78 is 5.35. The predicted octanol–water partition coefficient (Wildman–Crippen LogP) is 2.29. The number of nitrogens with zero attached hydrogens (tertiary/aromatic N) is 1. The fraction of sp³-hybridized carbons (Fsp3) is 1.00. The van der Waals surface area contributed by atoms with Crippen LogP contribution in [0.4, 0.5) is 0 Å². The van der Waals surface area contributed by atoms with E-state index in [0.29, 0.717) is 0 Å². The van der Waals surface area contributed by atoms with Crippen molar-refractivity contribution in [1.82, 2.24) is 4.90 Å². The van der Waals surface area contributed by atoms with E-state index in [2.05, 4.69) is 11.8 Å². The third-order valence-corrected chi connectivity index (χ3v) is 3.99. The van der Waals surface area contributed by atoms with Crippen molar-refractivity contribution in [2.75, 3.05) is 20.3 Å². The van der Waals surface area contributed by atoms with Crippen LogP contribution in [0.5, 0.6) is 0 Å². The first-order valence-corrected chi connectivity index (χ1v) is 6.11. The Morgan fingerprint density at radius 3 is 2.93 bits per heavy atom. The molecule has 0 aromatic rings. The van der Waals surface area contributed by atoms with Gasteiger partial charge in [0.15, 0.2) is 0 Å². The highest BCUT2D eigenvalue weighted by molar-refractivity contribution is 4.99. The van der Waals surface area contributed by atoms with Gasteiger partial charge in [0.1, 0.15) is 0 Å². The van der Waals surface area contributed by atoms with E-state index in [4.69, 9.17) is 4.74 Å². The van der Waals surface area contributed by atoms with Crippen LogP contribution < -0.4 is 0 Å². The Morgan fingerprint density at radius 1 is 1.36 bits per heavy atom. The lowest BCUT2D eigenvalue weighted by atomic mass is 9.99. The Bertz CT molecular complexity index is 183. The van der Waals surface area contributed by atoms with Crippen LogP contribution in [0.25, 0.3) is 0 Å². The van der Waals surface area contributed by atoms with Gasteiger partial charge in [-0.15, -0.1) is 0 Å². The molecule has 3 atom stereocenters. The highest BCUT2D eigenvalue weighted by Crippen LogP contribution is 2.42. The summed E-state index contributed by atoms with van der Waals surface area (Å²) in [6, 6.07) is 1.64. The Balaban J connectivity index is 1.91. The summed E-state index contributed by atoms with van der Waals surface area (Å²) in [6.07, 6.45) is 6.99. The molecule has 0 spiro atoms. The van der Waals surface area contributed by atoms with Gasteiger partial charge in [-0.25, -0.2) is 0 Å². The molecule has 0 aromatic heterocycles. The van der Waals surface area contributed by atoms with Crippen molar-refractivity contribution in [3.8, 4) is 0 Å². The third kappa shape index (κ3) is 1.82. The van der Waals surface area contributed by atoms with Crippen LogP contribution in [0.1, 0.15) is 39.0 Å². The summed E-state index contributed by atoms with van der Waals surface area (Å²) in [5, 5.41) is 0. The van der Waals surface area contributed by atoms with E-state index in [1.165, 1.54) is 38.6 Å². The number of hydrogen-bond donors (Lipinski definition) is 0. The minimum atomic E-state index is 0.741. The lowest BCUT2D eigenvalue weighted by Crippen LogP contribution is -2.43. The van der Waals surface area contributed by atoms with Gasteiger partial charge in [0.2, 0.25) is 0 Å². The molecule has 2 rings (SSSR count). The summed E-state index contributed by atoms with van der Waals surface area (Å²) >= 11 is 0. The number of methoxy groups -OCH3 is 1. The van der Waals surface area contributed by atoms with Crippen LogP contribution in [-0.2, 0) is 4.74 Å². The first-order chi connectivity index (χ1) is 6.86. The lowest BCUT2D eigenvalue weighted by molar-refractivity contribution is 0.0593. The van der Waals surface area contributed by atoms with Crippen LogP contribution in [0.2, 0.25) is 0 Å². The van der Waals surface area contributed by atoms with E-state index in [9.17, 15) is 0 Å². The molecule has 1 aliphatic heterocycles. The molecule has 0 N–H and O–H groups in total. The second-order valence-electron chi connectivity index (χ2n) is 4.84. The summed E-state index contributed by atoms with van der Waals surface area (Å²) in [6.45, 7) is 4.52. The van der Waals surface area contributed by atoms with Crippen molar-refractivity contribution >= 4 is 0 Å². The average Bonchev–Trinajstić information content (AvgIpc) is 2.76. The minimum absolute atomic E-state index is 0.741. The molecule has 1 aliphatic carbocycles. The molecule has 0 aromatic carbocycles. The molecule has 3 unspecified atom stereocenters. The molecule has 0 radical (unpaired) electrons. The summed E-state index contributed by atoms with van der Waals surface area (Å²) in [7, 11) is 1.84. The molecule has 0 amide bonds. The monoisotopic (exact) mass is 197 g/mol. The van der Waals surface area contributed by atoms with Gasteiger partial charge < -0.3 is 4.74 Å². The quantitative estimate of drug-likeness (QED) is 0.670. The van der Waals surface area contributed by atoms with Gasteiger partial charge in [-0.2, -0.15) is 0 Å². The number of likely N-dealkylation sites (tertiary alicyclic amines) is 1. The third-order valence-electron chi connectivity index (χ3n) is 3.99. The second-order valence-corrected chi connectivity index (χ2v) is 4.84. The van der Waals surface area contributed by atoms with E-state index in [1.54, 1.807) is 0 Å². The number of unbranched alkanes of at least 4 members (excludes halogenated alkanes) is 1. The smallest absolute Gasteiger partial charge is 0.0620 e. The molecule has 2 fully saturated rings. The number of rotatable bonds is 5. The summed E-state index contributed by atoms with van der Waals surface area (Å²) in [5.74, 6) is 0.941. The van der Waals surface area contributed by atoms with Crippen LogP contribution in [0.3, 0.4) is 0 Å². The fourth-order valence-corrected chi connectivity index (χ4v) is 3.28. The molecule has 2 nitrogen and oxygen atoms in total. The van der Waals surface area contributed by atoms with Gasteiger partial charge in [-0.05, 0) is 38.1 Å². The first-order valence-electron chi connectivity index (χ1n) is 6.11. The average molecular weight is 197 g/mol. The maximum absolute atomic E-state index is 5.35. The molecule has 2 heteroatoms. The Kier molecular flexibility index (Phi) is 3.45. The molecule has 2 bridgehead atoms. The van der Waals surface area contributed by atoms with E-state index in [0.717, 1.165) is 24.6 Å². The molecule has 82 valence electrons. The lowest BCUT2D eigenvalue weighted by Gasteiger charge is -2.34. The van der Waals surface area contributed by atoms with Crippen molar-refractivity contribution in [3.63, 3.8) is 0 Å². The predicted molar refractivity (Wildman–Crippen MR) is 58.4 cm³/mol. The minimum Gasteiger partial charge on any atom is -0.383 e. The number of ether oxygens (including phenoxy) is 1. The number of piperidine rings is 1. The van der Waals surface area contributed by atoms with Crippen molar-refractivity contribution in [3.05, 3.63) is 0 Å². The van der Waals surface area contributed by atoms with Gasteiger partial charge in [-0.1, -0.05) is 13.3 Å². The summed E-state index contributed by atoms with van der Waals surface area (Å²) in [4.78, 5) is 2.72. The van der Waals surface area contributed by atoms with Gasteiger partial charge in [0, 0.05) is 19.2 Å². The highest BCUT2D eigenvalue weighted by atomic mass is 16.5. The normalized spacial score (nSPS) is 36.9. The van der Waals surface area contributed by atoms with E-state index < -0.39 is 0 Å². The fourth-order valence-electron chi connectivity index (χ4n) is 3.28. The molecule has 2 aliphatic rings. The molecular formula is C12H23NO. The van der Waals surface area contributed by atoms with E-state index in [-0.39, 0.29) is 0 Å². The van der Waals surface area contributed by atoms with E-state index >= 15 is 0 Å². The maximum Gasteiger partial charge on any atom is 0.0620 e. The Labute approximate surface area is 87.6 Å². The van der Waals surface area contributed by atoms with Gasteiger partial charge >= 0.3 is 0 Å². The standard InChI is InChI=1S/C12H23NO/c1-3-4-7-13-11-6-5-10(8-11)12(13)9-14-2/h10-12H,3-9H2,1-2H3. The Morgan fingerprint density at radius 2 is 2.21 bits per heavy atom. The first kappa shape index (κ1) is 10.4. The SMILES string of the molecule is CCCCN1C2CCC(C2)C1COC. The van der Waals surface area contributed by atoms with Gasteiger partial charge in [0.05, 0.1) is 6.61 Å². The maximum atomic E-state index is 5.35. The van der Waals surface area contributed by atoms with Gasteiger partial charge in [0.25, 0.3) is 0 Å². The molecule has 1 saturated carbocycles. The zero-order valence-electron chi connectivity index (χ0n) is 9.54. The van der Waals surface area contributed by atoms with Crippen LogP contribution in [0, 0.1) is 5.92 Å². The van der Waals surface area contributed by atoms with E-state index in [1.807, 2.05) is 7.11 Å². The van der Waals surface area contributed by atoms with Crippen LogP contribution in [0.15, 0.2) is 0 Å². The topological polar surface area (TPSA) is 12.5 Å². The number of fused-ring (bicyclic) bond motifs is 2. The largest absolute Gasteiger partial charge is 0.383 e. The van der Waals surface area contributed by atoms with Crippen molar-refractivity contribution in [1.29, 1.82) is 0 Å². The summed E-state index contributed by atoms with van der Waals surface area (Å²) in [5.41, 5.74) is 0.